The summed E-state index contributed by atoms with van der Waals surface area (Å²) in [6.45, 7) is 4.83. The van der Waals surface area contributed by atoms with E-state index in [4.69, 9.17) is 14.6 Å². The van der Waals surface area contributed by atoms with Crippen LogP contribution in [0.25, 0.3) is 11.5 Å². The lowest BCUT2D eigenvalue weighted by Crippen LogP contribution is -2.19. The van der Waals surface area contributed by atoms with Crippen LogP contribution in [0.4, 0.5) is 5.82 Å². The number of Topliss-reactive ketones (excluding diaryl/α,β-unsaturated/α-hetero) is 1. The van der Waals surface area contributed by atoms with Crippen LogP contribution < -0.4 is 9.64 Å². The fraction of sp³-hybridized carbons (Fsp3) is 0.385. The molecule has 0 fully saturated rings. The first-order chi connectivity index (χ1) is 16.0. The molecule has 7 heteroatoms. The fourth-order valence-corrected chi connectivity index (χ4v) is 3.51. The minimum absolute atomic E-state index is 0.116. The number of para-hydroxylation sites is 1. The van der Waals surface area contributed by atoms with E-state index in [0.29, 0.717) is 23.9 Å². The topological polar surface area (TPSA) is 92.3 Å². The molecule has 33 heavy (non-hydrogen) atoms. The predicted octanol–water partition coefficient (Wildman–Crippen LogP) is 5.79. The second-order valence-corrected chi connectivity index (χ2v) is 8.16. The zero-order chi connectivity index (χ0) is 23.6. The van der Waals surface area contributed by atoms with E-state index in [9.17, 15) is 4.79 Å². The second kappa shape index (κ2) is 11.9. The Kier molecular flexibility index (Phi) is 8.75. The molecular weight excluding hydrogens is 416 g/mol. The van der Waals surface area contributed by atoms with Crippen LogP contribution in [0.15, 0.2) is 53.3 Å². The largest absolute Gasteiger partial charge is 0.493 e. The van der Waals surface area contributed by atoms with E-state index in [2.05, 4.69) is 14.9 Å². The molecule has 3 rings (SSSR count). The first-order valence-corrected chi connectivity index (χ1v) is 11.4. The summed E-state index contributed by atoms with van der Waals surface area (Å²) in [5.41, 5.74) is 2.52. The first-order valence-electron chi connectivity index (χ1n) is 11.4. The van der Waals surface area contributed by atoms with Gasteiger partial charge in [0.2, 0.25) is 5.89 Å². The maximum absolute atomic E-state index is 11.4. The van der Waals surface area contributed by atoms with Crippen molar-refractivity contribution in [1.29, 1.82) is 5.41 Å². The summed E-state index contributed by atoms with van der Waals surface area (Å²) in [7, 11) is 2.03. The van der Waals surface area contributed by atoms with Crippen molar-refractivity contribution in [2.24, 2.45) is 0 Å². The molecule has 0 unspecified atom stereocenters. The van der Waals surface area contributed by atoms with Crippen molar-refractivity contribution >= 4 is 17.3 Å². The third kappa shape index (κ3) is 7.00. The Bertz CT molecular complexity index is 1080. The van der Waals surface area contributed by atoms with Crippen LogP contribution in [0.3, 0.4) is 0 Å². The number of carbonyl (C=O) groups is 1. The molecule has 0 radical (unpaired) electrons. The molecule has 174 valence electrons. The molecule has 2 aromatic heterocycles. The van der Waals surface area contributed by atoms with E-state index in [0.717, 1.165) is 61.3 Å². The van der Waals surface area contributed by atoms with E-state index < -0.39 is 0 Å². The number of rotatable bonds is 13. The molecule has 3 aromatic rings. The highest BCUT2D eigenvalue weighted by molar-refractivity contribution is 5.98. The molecule has 0 spiro atoms. The number of aromatic nitrogens is 2. The highest BCUT2D eigenvalue weighted by Crippen LogP contribution is 2.23. The van der Waals surface area contributed by atoms with Gasteiger partial charge in [0, 0.05) is 43.6 Å². The summed E-state index contributed by atoms with van der Waals surface area (Å²) < 4.78 is 11.3. The number of ketones is 1. The third-order valence-electron chi connectivity index (χ3n) is 5.43. The first kappa shape index (κ1) is 24.2. The van der Waals surface area contributed by atoms with Crippen molar-refractivity contribution in [1.82, 2.24) is 9.97 Å². The van der Waals surface area contributed by atoms with Crippen molar-refractivity contribution < 1.29 is 13.9 Å². The Hall–Kier alpha value is -3.48. The van der Waals surface area contributed by atoms with Gasteiger partial charge in [0.1, 0.15) is 23.5 Å². The maximum atomic E-state index is 11.4. The van der Waals surface area contributed by atoms with E-state index in [1.165, 1.54) is 13.2 Å². The van der Waals surface area contributed by atoms with Gasteiger partial charge in [0.15, 0.2) is 5.78 Å². The minimum Gasteiger partial charge on any atom is -0.493 e. The van der Waals surface area contributed by atoms with Crippen LogP contribution in [-0.4, -0.2) is 41.7 Å². The van der Waals surface area contributed by atoms with Gasteiger partial charge in [-0.1, -0.05) is 31.4 Å². The molecule has 0 atom stereocenters. The van der Waals surface area contributed by atoms with Crippen molar-refractivity contribution in [3.8, 4) is 17.2 Å². The number of carbonyl (C=O) groups excluding carboxylic acids is 1. The second-order valence-electron chi connectivity index (χ2n) is 8.16. The van der Waals surface area contributed by atoms with Crippen molar-refractivity contribution in [2.45, 2.75) is 46.0 Å². The predicted molar refractivity (Wildman–Crippen MR) is 131 cm³/mol. The number of anilines is 1. The number of pyridine rings is 1. The Morgan fingerprint density at radius 1 is 1.09 bits per heavy atom. The number of hydrogen-bond donors (Lipinski definition) is 1. The lowest BCUT2D eigenvalue weighted by molar-refractivity contribution is 0.101. The zero-order valence-electron chi connectivity index (χ0n) is 19.6. The Balaban J connectivity index is 1.36. The number of ether oxygens (including phenoxy) is 1. The molecular formula is C26H32N4O3. The average Bonchev–Trinajstić information content (AvgIpc) is 3.32. The van der Waals surface area contributed by atoms with Crippen LogP contribution in [0.1, 0.15) is 62.0 Å². The summed E-state index contributed by atoms with van der Waals surface area (Å²) in [5, 5.41) is 7.83. The van der Waals surface area contributed by atoms with Crippen LogP contribution in [0.5, 0.6) is 5.75 Å². The summed E-state index contributed by atoms with van der Waals surface area (Å²) in [5.74, 6) is 1.96. The van der Waals surface area contributed by atoms with Gasteiger partial charge in [0.05, 0.1) is 6.61 Å². The van der Waals surface area contributed by atoms with Gasteiger partial charge in [-0.25, -0.2) is 9.97 Å². The molecule has 1 N–H and O–H groups in total. The third-order valence-corrected chi connectivity index (χ3v) is 5.43. The molecule has 0 aliphatic rings. The fourth-order valence-electron chi connectivity index (χ4n) is 3.51. The monoisotopic (exact) mass is 448 g/mol. The molecule has 0 amide bonds. The van der Waals surface area contributed by atoms with Gasteiger partial charge < -0.3 is 19.5 Å². The van der Waals surface area contributed by atoms with Gasteiger partial charge in [-0.15, -0.1) is 0 Å². The lowest BCUT2D eigenvalue weighted by Gasteiger charge is -2.18. The SMILES string of the molecule is CC(=N)c1ccccc1OCCCCCCCN(C)c1cc(-c2nc(C(C)=O)co2)ccn1. The highest BCUT2D eigenvalue weighted by atomic mass is 16.5. The number of oxazole rings is 1. The van der Waals surface area contributed by atoms with Gasteiger partial charge in [-0.2, -0.15) is 0 Å². The van der Waals surface area contributed by atoms with E-state index in [1.807, 2.05) is 43.4 Å². The van der Waals surface area contributed by atoms with Crippen molar-refractivity contribution in [3.05, 3.63) is 60.1 Å². The average molecular weight is 449 g/mol. The minimum atomic E-state index is -0.116. The van der Waals surface area contributed by atoms with Gasteiger partial charge in [0.25, 0.3) is 0 Å². The summed E-state index contributed by atoms with van der Waals surface area (Å²) >= 11 is 0. The van der Waals surface area contributed by atoms with Crippen LogP contribution in [-0.2, 0) is 0 Å². The van der Waals surface area contributed by atoms with E-state index >= 15 is 0 Å². The number of hydrogen-bond acceptors (Lipinski definition) is 7. The normalized spacial score (nSPS) is 10.8. The summed E-state index contributed by atoms with van der Waals surface area (Å²) in [6, 6.07) is 11.5. The van der Waals surface area contributed by atoms with Crippen LogP contribution in [0.2, 0.25) is 0 Å². The molecule has 0 saturated carbocycles. The summed E-state index contributed by atoms with van der Waals surface area (Å²) in [6.07, 6.45) is 8.61. The van der Waals surface area contributed by atoms with Crippen LogP contribution >= 0.6 is 0 Å². The van der Waals surface area contributed by atoms with Gasteiger partial charge >= 0.3 is 0 Å². The lowest BCUT2D eigenvalue weighted by atomic mass is 10.1. The molecule has 2 heterocycles. The maximum Gasteiger partial charge on any atom is 0.226 e. The van der Waals surface area contributed by atoms with Crippen molar-refractivity contribution in [2.75, 3.05) is 25.1 Å². The quantitative estimate of drug-likeness (QED) is 0.202. The molecule has 1 aromatic carbocycles. The van der Waals surface area contributed by atoms with E-state index in [-0.39, 0.29) is 5.78 Å². The standard InChI is InChI=1S/C26H32N4O3/c1-19(27)22-11-7-8-12-24(22)32-16-10-6-4-5-9-15-30(3)25-17-21(13-14-28-25)26-29-23(18-33-26)20(2)31/h7-8,11-14,17-18,27H,4-6,9-10,15-16H2,1-3H3. The molecule has 7 nitrogen and oxygen atoms in total. The van der Waals surface area contributed by atoms with Crippen molar-refractivity contribution in [3.63, 3.8) is 0 Å². The Morgan fingerprint density at radius 3 is 2.61 bits per heavy atom. The molecule has 0 aliphatic heterocycles. The number of unbranched alkanes of at least 4 members (excludes halogenated alkanes) is 4. The van der Waals surface area contributed by atoms with Crippen LogP contribution in [0, 0.1) is 5.41 Å². The molecule has 0 aliphatic carbocycles. The number of benzene rings is 1. The summed E-state index contributed by atoms with van der Waals surface area (Å²) in [4.78, 5) is 22.3. The molecule has 0 bridgehead atoms. The zero-order valence-corrected chi connectivity index (χ0v) is 19.6. The Labute approximate surface area is 195 Å². The van der Waals surface area contributed by atoms with Gasteiger partial charge in [-0.05, 0) is 44.0 Å². The Morgan fingerprint density at radius 2 is 1.85 bits per heavy atom. The van der Waals surface area contributed by atoms with Gasteiger partial charge in [-0.3, -0.25) is 4.79 Å². The highest BCUT2D eigenvalue weighted by Gasteiger charge is 2.12. The number of nitrogens with one attached hydrogen (secondary N) is 1. The molecule has 0 saturated heterocycles. The number of nitrogens with zero attached hydrogens (tertiary/aromatic N) is 3. The smallest absolute Gasteiger partial charge is 0.226 e. The van der Waals surface area contributed by atoms with E-state index in [1.54, 1.807) is 13.1 Å².